The van der Waals surface area contributed by atoms with Gasteiger partial charge in [0.2, 0.25) is 5.91 Å². The highest BCUT2D eigenvalue weighted by Gasteiger charge is 2.25. The van der Waals surface area contributed by atoms with Crippen LogP contribution in [-0.4, -0.2) is 37.0 Å². The van der Waals surface area contributed by atoms with Crippen LogP contribution in [0.1, 0.15) is 37.0 Å². The molecule has 9 heteroatoms. The average Bonchev–Trinajstić information content (AvgIpc) is 2.65. The molecule has 150 valence electrons. The molecule has 2 amide bonds. The van der Waals surface area contributed by atoms with Crippen molar-refractivity contribution in [2.75, 3.05) is 13.2 Å². The third kappa shape index (κ3) is 5.56. The third-order valence-corrected chi connectivity index (χ3v) is 4.08. The van der Waals surface area contributed by atoms with E-state index < -0.39 is 23.5 Å². The van der Waals surface area contributed by atoms with Gasteiger partial charge in [-0.15, -0.1) is 0 Å². The molecule has 0 unspecified atom stereocenters. The molecular formula is C19H21ClN2O6. The first kappa shape index (κ1) is 21.4. The molecule has 0 aliphatic heterocycles. The van der Waals surface area contributed by atoms with Gasteiger partial charge in [-0.2, -0.15) is 0 Å². The summed E-state index contributed by atoms with van der Waals surface area (Å²) in [6.07, 6.45) is 0.0423. The van der Waals surface area contributed by atoms with Gasteiger partial charge in [0.15, 0.2) is 0 Å². The minimum absolute atomic E-state index is 0.0134. The number of amides is 2. The molecular weight excluding hydrogens is 388 g/mol. The van der Waals surface area contributed by atoms with E-state index in [1.807, 2.05) is 0 Å². The van der Waals surface area contributed by atoms with E-state index in [1.165, 1.54) is 12.1 Å². The Labute approximate surface area is 166 Å². The molecule has 0 aliphatic rings. The van der Waals surface area contributed by atoms with Crippen LogP contribution in [0.25, 0.3) is 11.0 Å². The number of rotatable bonds is 8. The van der Waals surface area contributed by atoms with Crippen molar-refractivity contribution in [3.63, 3.8) is 0 Å². The lowest BCUT2D eigenvalue weighted by Gasteiger charge is -2.17. The molecule has 1 aromatic heterocycles. The number of carbonyl (C=O) groups is 3. The standard InChI is InChI=1S/C19H21ClN2O6/c1-3-21-16(23)8-6-14(19(26)27-4-2)22-17(24)13-10-11-9-12(20)5-7-15(11)28-18(13)25/h5,7,9-10,14H,3-4,6,8H2,1-2H3,(H,21,23)(H,22,24)/t14-/m1/s1. The molecule has 0 saturated heterocycles. The second kappa shape index (κ2) is 9.89. The molecule has 0 saturated carbocycles. The molecule has 1 heterocycles. The Kier molecular flexibility index (Phi) is 7.57. The van der Waals surface area contributed by atoms with E-state index in [0.29, 0.717) is 17.0 Å². The van der Waals surface area contributed by atoms with Gasteiger partial charge >= 0.3 is 11.6 Å². The summed E-state index contributed by atoms with van der Waals surface area (Å²) in [7, 11) is 0. The smallest absolute Gasteiger partial charge is 0.349 e. The number of nitrogens with one attached hydrogen (secondary N) is 2. The van der Waals surface area contributed by atoms with E-state index in [-0.39, 0.29) is 36.5 Å². The molecule has 0 fully saturated rings. The van der Waals surface area contributed by atoms with Crippen LogP contribution in [0.5, 0.6) is 0 Å². The quantitative estimate of drug-likeness (QED) is 0.510. The second-order valence-electron chi connectivity index (χ2n) is 5.90. The molecule has 0 radical (unpaired) electrons. The van der Waals surface area contributed by atoms with Crippen LogP contribution >= 0.6 is 11.6 Å². The number of esters is 1. The molecule has 0 spiro atoms. The monoisotopic (exact) mass is 408 g/mol. The highest BCUT2D eigenvalue weighted by atomic mass is 35.5. The predicted molar refractivity (Wildman–Crippen MR) is 103 cm³/mol. The number of hydrogen-bond donors (Lipinski definition) is 2. The van der Waals surface area contributed by atoms with Crippen LogP contribution in [0.2, 0.25) is 5.02 Å². The van der Waals surface area contributed by atoms with E-state index in [2.05, 4.69) is 10.6 Å². The fraction of sp³-hybridized carbons (Fsp3) is 0.368. The fourth-order valence-corrected chi connectivity index (χ4v) is 2.72. The van der Waals surface area contributed by atoms with E-state index in [4.69, 9.17) is 20.8 Å². The van der Waals surface area contributed by atoms with Crippen molar-refractivity contribution in [2.24, 2.45) is 0 Å². The first-order valence-corrected chi connectivity index (χ1v) is 9.21. The molecule has 28 heavy (non-hydrogen) atoms. The molecule has 0 aliphatic carbocycles. The maximum Gasteiger partial charge on any atom is 0.349 e. The molecule has 1 atom stereocenters. The van der Waals surface area contributed by atoms with Crippen molar-refractivity contribution in [2.45, 2.75) is 32.7 Å². The zero-order valence-electron chi connectivity index (χ0n) is 15.5. The van der Waals surface area contributed by atoms with Crippen LogP contribution in [0.4, 0.5) is 0 Å². The van der Waals surface area contributed by atoms with Gasteiger partial charge in [0.1, 0.15) is 17.2 Å². The van der Waals surface area contributed by atoms with E-state index in [1.54, 1.807) is 26.0 Å². The van der Waals surface area contributed by atoms with Crippen LogP contribution in [-0.2, 0) is 14.3 Å². The summed E-state index contributed by atoms with van der Waals surface area (Å²) >= 11 is 5.93. The van der Waals surface area contributed by atoms with Crippen molar-refractivity contribution >= 4 is 40.4 Å². The lowest BCUT2D eigenvalue weighted by molar-refractivity contribution is -0.145. The third-order valence-electron chi connectivity index (χ3n) is 3.85. The molecule has 2 rings (SSSR count). The summed E-state index contributed by atoms with van der Waals surface area (Å²) in [5.41, 5.74) is -0.843. The largest absolute Gasteiger partial charge is 0.464 e. The molecule has 8 nitrogen and oxygen atoms in total. The lowest BCUT2D eigenvalue weighted by Crippen LogP contribution is -2.43. The number of ether oxygens (including phenoxy) is 1. The zero-order chi connectivity index (χ0) is 20.7. The molecule has 2 aromatic rings. The van der Waals surface area contributed by atoms with Crippen LogP contribution in [0.15, 0.2) is 33.5 Å². The van der Waals surface area contributed by atoms with Gasteiger partial charge in [0.05, 0.1) is 6.61 Å². The summed E-state index contributed by atoms with van der Waals surface area (Å²) in [6.45, 7) is 3.97. The summed E-state index contributed by atoms with van der Waals surface area (Å²) in [5, 5.41) is 5.94. The van der Waals surface area contributed by atoms with Crippen molar-refractivity contribution in [3.05, 3.63) is 45.3 Å². The van der Waals surface area contributed by atoms with Crippen molar-refractivity contribution in [1.29, 1.82) is 0 Å². The van der Waals surface area contributed by atoms with Gasteiger partial charge in [-0.05, 0) is 44.5 Å². The van der Waals surface area contributed by atoms with Gasteiger partial charge in [-0.1, -0.05) is 11.6 Å². The van der Waals surface area contributed by atoms with Crippen LogP contribution in [0, 0.1) is 0 Å². The summed E-state index contributed by atoms with van der Waals surface area (Å²) < 4.78 is 10.1. The predicted octanol–water partition coefficient (Wildman–Crippen LogP) is 2.02. The minimum atomic E-state index is -1.08. The van der Waals surface area contributed by atoms with Crippen LogP contribution < -0.4 is 16.3 Å². The Hall–Kier alpha value is -2.87. The second-order valence-corrected chi connectivity index (χ2v) is 6.34. The molecule has 0 bridgehead atoms. The topological polar surface area (TPSA) is 115 Å². The first-order valence-electron chi connectivity index (χ1n) is 8.83. The summed E-state index contributed by atoms with van der Waals surface area (Å²) in [5.74, 6) is -1.75. The minimum Gasteiger partial charge on any atom is -0.464 e. The Morgan fingerprint density at radius 1 is 1.21 bits per heavy atom. The van der Waals surface area contributed by atoms with Crippen molar-refractivity contribution in [3.8, 4) is 0 Å². The SMILES string of the molecule is CCNC(=O)CC[C@@H](NC(=O)c1cc2cc(Cl)ccc2oc1=O)C(=O)OCC. The van der Waals surface area contributed by atoms with Gasteiger partial charge < -0.3 is 19.8 Å². The van der Waals surface area contributed by atoms with E-state index >= 15 is 0 Å². The highest BCUT2D eigenvalue weighted by molar-refractivity contribution is 6.31. The van der Waals surface area contributed by atoms with Crippen LogP contribution in [0.3, 0.4) is 0 Å². The first-order chi connectivity index (χ1) is 13.3. The number of halogens is 1. The summed E-state index contributed by atoms with van der Waals surface area (Å²) in [4.78, 5) is 48.5. The van der Waals surface area contributed by atoms with Gasteiger partial charge in [-0.3, -0.25) is 9.59 Å². The Balaban J connectivity index is 2.22. The Morgan fingerprint density at radius 2 is 1.96 bits per heavy atom. The number of benzene rings is 1. The Morgan fingerprint density at radius 3 is 2.64 bits per heavy atom. The van der Waals surface area contributed by atoms with E-state index in [9.17, 15) is 19.2 Å². The van der Waals surface area contributed by atoms with Gasteiger partial charge in [-0.25, -0.2) is 9.59 Å². The average molecular weight is 409 g/mol. The maximum atomic E-state index is 12.6. The zero-order valence-corrected chi connectivity index (χ0v) is 16.3. The van der Waals surface area contributed by atoms with Gasteiger partial charge in [0, 0.05) is 23.4 Å². The van der Waals surface area contributed by atoms with E-state index in [0.717, 1.165) is 0 Å². The number of hydrogen-bond acceptors (Lipinski definition) is 6. The molecule has 1 aromatic carbocycles. The highest BCUT2D eigenvalue weighted by Crippen LogP contribution is 2.19. The number of fused-ring (bicyclic) bond motifs is 1. The number of carbonyl (C=O) groups excluding carboxylic acids is 3. The molecule has 2 N–H and O–H groups in total. The normalized spacial score (nSPS) is 11.7. The lowest BCUT2D eigenvalue weighted by atomic mass is 10.1. The van der Waals surface area contributed by atoms with Crippen molar-refractivity contribution in [1.82, 2.24) is 10.6 Å². The van der Waals surface area contributed by atoms with Gasteiger partial charge in [0.25, 0.3) is 5.91 Å². The Bertz CT molecular complexity index is 940. The fourth-order valence-electron chi connectivity index (χ4n) is 2.54. The maximum absolute atomic E-state index is 12.6. The summed E-state index contributed by atoms with van der Waals surface area (Å²) in [6, 6.07) is 4.90. The van der Waals surface area contributed by atoms with Crippen molar-refractivity contribution < 1.29 is 23.5 Å².